The highest BCUT2D eigenvalue weighted by atomic mass is 19.2. The predicted molar refractivity (Wildman–Crippen MR) is 69.6 cm³/mol. The van der Waals surface area contributed by atoms with Crippen molar-refractivity contribution in [3.63, 3.8) is 0 Å². The fourth-order valence-corrected chi connectivity index (χ4v) is 1.61. The fourth-order valence-electron chi connectivity index (χ4n) is 1.61. The normalized spacial score (nSPS) is 10.3. The van der Waals surface area contributed by atoms with Crippen molar-refractivity contribution >= 4 is 23.2 Å². The van der Waals surface area contributed by atoms with Crippen LogP contribution in [0.3, 0.4) is 0 Å². The summed E-state index contributed by atoms with van der Waals surface area (Å²) >= 11 is 0. The van der Waals surface area contributed by atoms with E-state index in [4.69, 9.17) is 5.73 Å². The van der Waals surface area contributed by atoms with E-state index in [1.807, 2.05) is 0 Å². The van der Waals surface area contributed by atoms with Gasteiger partial charge in [-0.3, -0.25) is 0 Å². The van der Waals surface area contributed by atoms with Crippen molar-refractivity contribution < 1.29 is 22.7 Å². The molecule has 8 heteroatoms. The number of methoxy groups -OCH3 is 1. The molecule has 110 valence electrons. The Labute approximate surface area is 117 Å². The van der Waals surface area contributed by atoms with Gasteiger partial charge in [0, 0.05) is 6.20 Å². The number of halogens is 3. The highest BCUT2D eigenvalue weighted by molar-refractivity contribution is 5.97. The summed E-state index contributed by atoms with van der Waals surface area (Å²) in [5, 5.41) is 2.40. The molecule has 1 heterocycles. The number of carbonyl (C=O) groups is 1. The van der Waals surface area contributed by atoms with Gasteiger partial charge >= 0.3 is 5.97 Å². The lowest BCUT2D eigenvalue weighted by Gasteiger charge is -2.11. The first-order valence-corrected chi connectivity index (χ1v) is 5.69. The second-order valence-electron chi connectivity index (χ2n) is 3.96. The molecule has 2 aromatic rings. The average Bonchev–Trinajstić information content (AvgIpc) is 2.49. The molecule has 0 bridgehead atoms. The van der Waals surface area contributed by atoms with Gasteiger partial charge in [-0.15, -0.1) is 0 Å². The van der Waals surface area contributed by atoms with Crippen LogP contribution >= 0.6 is 0 Å². The monoisotopic (exact) mass is 297 g/mol. The molecule has 0 atom stereocenters. The van der Waals surface area contributed by atoms with E-state index in [1.54, 1.807) is 0 Å². The van der Waals surface area contributed by atoms with Crippen molar-refractivity contribution in [1.82, 2.24) is 4.98 Å². The molecule has 0 saturated heterocycles. The molecule has 21 heavy (non-hydrogen) atoms. The van der Waals surface area contributed by atoms with Gasteiger partial charge in [0.25, 0.3) is 0 Å². The van der Waals surface area contributed by atoms with E-state index < -0.39 is 23.4 Å². The molecule has 1 aromatic carbocycles. The van der Waals surface area contributed by atoms with Gasteiger partial charge in [0.15, 0.2) is 23.3 Å². The Bertz CT molecular complexity index is 707. The first-order valence-electron chi connectivity index (χ1n) is 5.69. The number of hydrogen-bond acceptors (Lipinski definition) is 5. The van der Waals surface area contributed by atoms with Crippen molar-refractivity contribution in [2.75, 3.05) is 18.2 Å². The molecule has 0 aliphatic rings. The number of carbonyl (C=O) groups excluding carboxylic acids is 1. The highest BCUT2D eigenvalue weighted by Gasteiger charge is 2.17. The van der Waals surface area contributed by atoms with Gasteiger partial charge in [0.1, 0.15) is 0 Å². The summed E-state index contributed by atoms with van der Waals surface area (Å²) < 4.78 is 44.1. The van der Waals surface area contributed by atoms with Crippen molar-refractivity contribution in [3.05, 3.63) is 47.4 Å². The van der Waals surface area contributed by atoms with Crippen LogP contribution in [-0.2, 0) is 4.74 Å². The Morgan fingerprint density at radius 2 is 1.95 bits per heavy atom. The number of aromatic nitrogens is 1. The molecule has 2 rings (SSSR count). The lowest BCUT2D eigenvalue weighted by Crippen LogP contribution is -2.09. The Morgan fingerprint density at radius 1 is 1.24 bits per heavy atom. The van der Waals surface area contributed by atoms with Gasteiger partial charge in [-0.05, 0) is 18.2 Å². The van der Waals surface area contributed by atoms with Crippen LogP contribution in [-0.4, -0.2) is 18.1 Å². The molecule has 0 aliphatic heterocycles. The number of nitrogens with two attached hydrogens (primary N) is 1. The van der Waals surface area contributed by atoms with Gasteiger partial charge in [0.05, 0.1) is 24.0 Å². The lowest BCUT2D eigenvalue weighted by molar-refractivity contribution is 0.0602. The Balaban J connectivity index is 2.41. The third-order valence-electron chi connectivity index (χ3n) is 2.68. The summed E-state index contributed by atoms with van der Waals surface area (Å²) in [6.45, 7) is 0. The largest absolute Gasteiger partial charge is 0.465 e. The Morgan fingerprint density at radius 3 is 2.62 bits per heavy atom. The topological polar surface area (TPSA) is 77.2 Å². The van der Waals surface area contributed by atoms with Crippen molar-refractivity contribution in [3.8, 4) is 0 Å². The molecule has 1 aromatic heterocycles. The third-order valence-corrected chi connectivity index (χ3v) is 2.68. The van der Waals surface area contributed by atoms with Crippen LogP contribution in [0.25, 0.3) is 0 Å². The standard InChI is InChI=1S/C13H10F3N3O2/c1-21-13(20)6-4-5-18-12(11(6)17)19-8-3-2-7(14)9(15)10(8)16/h2-5H,17H2,1H3,(H,18,19). The van der Waals surface area contributed by atoms with E-state index >= 15 is 0 Å². The molecule has 0 spiro atoms. The number of ether oxygens (including phenoxy) is 1. The summed E-state index contributed by atoms with van der Waals surface area (Å²) in [7, 11) is 1.17. The van der Waals surface area contributed by atoms with E-state index in [9.17, 15) is 18.0 Å². The van der Waals surface area contributed by atoms with Gasteiger partial charge in [0.2, 0.25) is 0 Å². The first-order chi connectivity index (χ1) is 9.95. The van der Waals surface area contributed by atoms with Crippen molar-refractivity contribution in [2.24, 2.45) is 0 Å². The summed E-state index contributed by atoms with van der Waals surface area (Å²) in [6.07, 6.45) is 1.24. The third kappa shape index (κ3) is 2.73. The number of nitrogens with zero attached hydrogens (tertiary/aromatic N) is 1. The number of nitrogens with one attached hydrogen (secondary N) is 1. The fraction of sp³-hybridized carbons (Fsp3) is 0.0769. The van der Waals surface area contributed by atoms with Crippen molar-refractivity contribution in [1.29, 1.82) is 0 Å². The van der Waals surface area contributed by atoms with E-state index in [2.05, 4.69) is 15.0 Å². The molecule has 0 unspecified atom stereocenters. The number of pyridine rings is 1. The van der Waals surface area contributed by atoms with Gasteiger partial charge in [-0.1, -0.05) is 0 Å². The second-order valence-corrected chi connectivity index (χ2v) is 3.96. The maximum Gasteiger partial charge on any atom is 0.340 e. The SMILES string of the molecule is COC(=O)c1ccnc(Nc2ccc(F)c(F)c2F)c1N. The predicted octanol–water partition coefficient (Wildman–Crippen LogP) is 2.61. The summed E-state index contributed by atoms with van der Waals surface area (Å²) in [5.74, 6) is -5.14. The number of rotatable bonds is 3. The molecule has 0 radical (unpaired) electrons. The van der Waals surface area contributed by atoms with Crippen LogP contribution in [0.1, 0.15) is 10.4 Å². The lowest BCUT2D eigenvalue weighted by atomic mass is 10.2. The molecular weight excluding hydrogens is 287 g/mol. The number of benzene rings is 1. The van der Waals surface area contributed by atoms with E-state index in [0.717, 1.165) is 12.1 Å². The molecule has 0 fully saturated rings. The Kier molecular flexibility index (Phi) is 3.97. The van der Waals surface area contributed by atoms with Gasteiger partial charge in [-0.25, -0.2) is 22.9 Å². The summed E-state index contributed by atoms with van der Waals surface area (Å²) in [4.78, 5) is 15.3. The minimum atomic E-state index is -1.62. The molecule has 5 nitrogen and oxygen atoms in total. The van der Waals surface area contributed by atoms with E-state index in [1.165, 1.54) is 19.4 Å². The Hall–Kier alpha value is -2.77. The van der Waals surface area contributed by atoms with Crippen molar-refractivity contribution in [2.45, 2.75) is 0 Å². The first kappa shape index (κ1) is 14.6. The smallest absolute Gasteiger partial charge is 0.340 e. The highest BCUT2D eigenvalue weighted by Crippen LogP contribution is 2.27. The van der Waals surface area contributed by atoms with Crippen LogP contribution in [0.2, 0.25) is 0 Å². The molecule has 3 N–H and O–H groups in total. The maximum atomic E-state index is 13.6. The van der Waals surface area contributed by atoms with Gasteiger partial charge in [-0.2, -0.15) is 0 Å². The quantitative estimate of drug-likeness (QED) is 0.672. The zero-order valence-corrected chi connectivity index (χ0v) is 10.8. The zero-order valence-electron chi connectivity index (χ0n) is 10.8. The second kappa shape index (κ2) is 5.70. The average molecular weight is 297 g/mol. The molecular formula is C13H10F3N3O2. The number of esters is 1. The summed E-state index contributed by atoms with van der Waals surface area (Å²) in [6, 6.07) is 3.05. The van der Waals surface area contributed by atoms with Crippen LogP contribution in [0, 0.1) is 17.5 Å². The molecule has 0 saturated carbocycles. The molecule has 0 amide bonds. The van der Waals surface area contributed by atoms with Crippen LogP contribution in [0.4, 0.5) is 30.4 Å². The van der Waals surface area contributed by atoms with E-state index in [-0.39, 0.29) is 22.8 Å². The number of hydrogen-bond donors (Lipinski definition) is 2. The zero-order chi connectivity index (χ0) is 15.6. The van der Waals surface area contributed by atoms with E-state index in [0.29, 0.717) is 0 Å². The van der Waals surface area contributed by atoms with Crippen LogP contribution in [0.15, 0.2) is 24.4 Å². The minimum absolute atomic E-state index is 0.0120. The summed E-state index contributed by atoms with van der Waals surface area (Å²) in [5.41, 5.74) is 5.25. The molecule has 0 aliphatic carbocycles. The maximum absolute atomic E-state index is 13.6. The number of nitrogen functional groups attached to an aromatic ring is 1. The van der Waals surface area contributed by atoms with Gasteiger partial charge < -0.3 is 15.8 Å². The number of anilines is 3. The van der Waals surface area contributed by atoms with Crippen LogP contribution in [0.5, 0.6) is 0 Å². The van der Waals surface area contributed by atoms with Crippen LogP contribution < -0.4 is 11.1 Å². The minimum Gasteiger partial charge on any atom is -0.465 e.